The highest BCUT2D eigenvalue weighted by Gasteiger charge is 2.08. The third-order valence-electron chi connectivity index (χ3n) is 3.70. The summed E-state index contributed by atoms with van der Waals surface area (Å²) in [5.74, 6) is 0. The number of aromatic nitrogens is 1. The molecule has 0 fully saturated rings. The summed E-state index contributed by atoms with van der Waals surface area (Å²) in [7, 11) is 0. The zero-order valence-electron chi connectivity index (χ0n) is 18.2. The van der Waals surface area contributed by atoms with Gasteiger partial charge in [0.1, 0.15) is 0 Å². The van der Waals surface area contributed by atoms with E-state index in [1.165, 1.54) is 4.90 Å². The van der Waals surface area contributed by atoms with Crippen molar-refractivity contribution in [3.63, 3.8) is 0 Å². The lowest BCUT2D eigenvalue weighted by Gasteiger charge is -2.21. The third-order valence-corrected chi connectivity index (χ3v) is 3.93. The smallest absolute Gasteiger partial charge is 0.0737 e. The summed E-state index contributed by atoms with van der Waals surface area (Å²) in [6.45, 7) is -3.32. The van der Waals surface area contributed by atoms with E-state index >= 15 is 0 Å². The fourth-order valence-electron chi connectivity index (χ4n) is 2.52. The fourth-order valence-corrected chi connectivity index (χ4v) is 2.68. The Kier molecular flexibility index (Phi) is 4.75. The monoisotopic (exact) mass is 340 g/mol. The molecular weight excluding hydrogens is 310 g/mol. The number of rotatable bonds is 9. The van der Waals surface area contributed by atoms with Gasteiger partial charge < -0.3 is 15.3 Å². The van der Waals surface area contributed by atoms with Crippen molar-refractivity contribution in [1.29, 1.82) is 0 Å². The zero-order valence-corrected chi connectivity index (χ0v) is 14.0. The Bertz CT molecular complexity index is 787. The normalized spacial score (nSPS) is 17.1. The van der Waals surface area contributed by atoms with Gasteiger partial charge in [-0.2, -0.15) is 0 Å². The van der Waals surface area contributed by atoms with E-state index in [-0.39, 0.29) is 25.7 Å². The van der Waals surface area contributed by atoms with Crippen molar-refractivity contribution in [3.05, 3.63) is 35.5 Å². The van der Waals surface area contributed by atoms with Gasteiger partial charge in [0.25, 0.3) is 0 Å². The molecule has 2 rings (SSSR count). The molecule has 0 aliphatic heterocycles. The average Bonchev–Trinajstić information content (AvgIpc) is 2.60. The predicted octanol–water partition coefficient (Wildman–Crippen LogP) is 3.78. The van der Waals surface area contributed by atoms with Crippen LogP contribution in [0.4, 0.5) is 5.69 Å². The van der Waals surface area contributed by atoms with Crippen LogP contribution >= 0.6 is 11.6 Å². The van der Waals surface area contributed by atoms with E-state index in [1.807, 2.05) is 25.1 Å². The van der Waals surface area contributed by atoms with Crippen molar-refractivity contribution in [2.24, 2.45) is 0 Å². The van der Waals surface area contributed by atoms with Crippen LogP contribution in [0.5, 0.6) is 0 Å². The third kappa shape index (κ3) is 5.34. The molecule has 126 valence electrons. The highest BCUT2D eigenvalue weighted by molar-refractivity contribution is 6.31. The minimum absolute atomic E-state index is 0.0249. The summed E-state index contributed by atoms with van der Waals surface area (Å²) < 4.78 is 38.0. The first-order chi connectivity index (χ1) is 13.1. The van der Waals surface area contributed by atoms with Gasteiger partial charge in [-0.05, 0) is 57.1 Å². The molecule has 0 saturated heterocycles. The largest absolute Gasteiger partial charge is 0.395 e. The number of likely N-dealkylation sites (N-methyl/N-ethyl adjacent to an activating group) is 1. The van der Waals surface area contributed by atoms with Gasteiger partial charge in [0, 0.05) is 41.7 Å². The second kappa shape index (κ2) is 9.06. The van der Waals surface area contributed by atoms with Crippen LogP contribution in [0.3, 0.4) is 0 Å². The first kappa shape index (κ1) is 12.1. The van der Waals surface area contributed by atoms with Crippen LogP contribution in [-0.4, -0.2) is 47.2 Å². The van der Waals surface area contributed by atoms with Crippen LogP contribution < -0.4 is 5.32 Å². The maximum absolute atomic E-state index is 9.17. The molecule has 2 N–H and O–H groups in total. The van der Waals surface area contributed by atoms with Gasteiger partial charge in [0.2, 0.25) is 0 Å². The molecule has 1 aromatic carbocycles. The Hall–Kier alpha value is -1.36. The first-order valence-corrected chi connectivity index (χ1v) is 8.11. The van der Waals surface area contributed by atoms with Crippen LogP contribution in [0.25, 0.3) is 10.9 Å². The highest BCUT2D eigenvalue weighted by atomic mass is 35.5. The number of aliphatic hydroxyl groups is 1. The first-order valence-electron chi connectivity index (χ1n) is 10.2. The summed E-state index contributed by atoms with van der Waals surface area (Å²) in [6, 6.07) is 7.49. The standard InChI is InChI=1S/C18H26ClN3O/c1-3-22(11-12-23)10-4-5-14(2)21-17-8-9-20-18-13-15(19)6-7-16(17)18/h6-9,13-14,23H,3-5,10-12H2,1-2H3,(H,20,21)/t14-/m0/s1/i1D3,3D2. The number of anilines is 1. The summed E-state index contributed by atoms with van der Waals surface area (Å²) in [4.78, 5) is 5.51. The van der Waals surface area contributed by atoms with Gasteiger partial charge in [0.05, 0.1) is 12.1 Å². The summed E-state index contributed by atoms with van der Waals surface area (Å²) in [5, 5.41) is 14.2. The summed E-state index contributed by atoms with van der Waals surface area (Å²) in [6.07, 6.45) is 3.00. The molecule has 4 nitrogen and oxygen atoms in total. The number of nitrogens with one attached hydrogen (secondary N) is 1. The molecule has 0 aliphatic carbocycles. The highest BCUT2D eigenvalue weighted by Crippen LogP contribution is 2.25. The summed E-state index contributed by atoms with van der Waals surface area (Å²) in [5.41, 5.74) is 1.73. The summed E-state index contributed by atoms with van der Waals surface area (Å²) >= 11 is 6.02. The van der Waals surface area contributed by atoms with E-state index in [0.29, 0.717) is 17.9 Å². The maximum atomic E-state index is 9.17. The van der Waals surface area contributed by atoms with Crippen LogP contribution in [0.2, 0.25) is 5.02 Å². The molecule has 23 heavy (non-hydrogen) atoms. The average molecular weight is 341 g/mol. The number of aliphatic hydroxyl groups excluding tert-OH is 1. The SMILES string of the molecule is [2H]C([2H])([2H])C([2H])([2H])N(CCO)CCC[C@H](C)Nc1ccnc2cc(Cl)ccc12. The maximum Gasteiger partial charge on any atom is 0.0737 e. The molecule has 0 saturated carbocycles. The van der Waals surface area contributed by atoms with Crippen molar-refractivity contribution in [1.82, 2.24) is 9.88 Å². The molecule has 0 bridgehead atoms. The van der Waals surface area contributed by atoms with Gasteiger partial charge >= 0.3 is 0 Å². The predicted molar refractivity (Wildman–Crippen MR) is 98.3 cm³/mol. The molecule has 0 radical (unpaired) electrons. The van der Waals surface area contributed by atoms with Crippen molar-refractivity contribution in [2.75, 3.05) is 31.5 Å². The Morgan fingerprint density at radius 1 is 1.43 bits per heavy atom. The van der Waals surface area contributed by atoms with Gasteiger partial charge in [-0.1, -0.05) is 18.5 Å². The molecule has 1 aromatic heterocycles. The van der Waals surface area contributed by atoms with Gasteiger partial charge in [-0.3, -0.25) is 4.98 Å². The zero-order chi connectivity index (χ0) is 20.9. The van der Waals surface area contributed by atoms with Crippen LogP contribution in [-0.2, 0) is 0 Å². The lowest BCUT2D eigenvalue weighted by atomic mass is 10.1. The Morgan fingerprint density at radius 3 is 3.09 bits per heavy atom. The van der Waals surface area contributed by atoms with Crippen LogP contribution in [0, 0.1) is 0 Å². The van der Waals surface area contributed by atoms with Gasteiger partial charge in [-0.25, -0.2) is 0 Å². The number of fused-ring (bicyclic) bond motifs is 1. The number of halogens is 1. The minimum atomic E-state index is -2.77. The number of hydrogen-bond acceptors (Lipinski definition) is 4. The van der Waals surface area contributed by atoms with E-state index in [1.54, 1.807) is 12.3 Å². The molecule has 5 heteroatoms. The van der Waals surface area contributed by atoms with Crippen molar-refractivity contribution in [2.45, 2.75) is 32.7 Å². The number of nitrogens with zero attached hydrogens (tertiary/aromatic N) is 2. The number of pyridine rings is 1. The second-order valence-corrected chi connectivity index (χ2v) is 5.97. The van der Waals surface area contributed by atoms with Crippen molar-refractivity contribution < 1.29 is 12.0 Å². The van der Waals surface area contributed by atoms with Crippen molar-refractivity contribution >= 4 is 28.2 Å². The number of benzene rings is 1. The molecule has 1 heterocycles. The quantitative estimate of drug-likeness (QED) is 0.729. The minimum Gasteiger partial charge on any atom is -0.395 e. The topological polar surface area (TPSA) is 48.4 Å². The fraction of sp³-hybridized carbons (Fsp3) is 0.500. The van der Waals surface area contributed by atoms with E-state index in [9.17, 15) is 0 Å². The second-order valence-electron chi connectivity index (χ2n) is 5.53. The number of hydrogen-bond donors (Lipinski definition) is 2. The molecular formula is C18H26ClN3O. The van der Waals surface area contributed by atoms with E-state index < -0.39 is 13.3 Å². The van der Waals surface area contributed by atoms with Gasteiger partial charge in [-0.15, -0.1) is 0 Å². The molecule has 0 aliphatic rings. The van der Waals surface area contributed by atoms with Crippen LogP contribution in [0.1, 0.15) is 33.5 Å². The Balaban J connectivity index is 1.97. The lowest BCUT2D eigenvalue weighted by molar-refractivity contribution is 0.199. The van der Waals surface area contributed by atoms with E-state index in [0.717, 1.165) is 16.6 Å². The molecule has 0 unspecified atom stereocenters. The Morgan fingerprint density at radius 2 is 2.30 bits per heavy atom. The molecule has 1 atom stereocenters. The lowest BCUT2D eigenvalue weighted by Crippen LogP contribution is -2.28. The molecule has 0 spiro atoms. The van der Waals surface area contributed by atoms with Gasteiger partial charge in [0.15, 0.2) is 0 Å². The van der Waals surface area contributed by atoms with Crippen molar-refractivity contribution in [3.8, 4) is 0 Å². The Labute approximate surface area is 150 Å². The van der Waals surface area contributed by atoms with E-state index in [2.05, 4.69) is 10.3 Å². The van der Waals surface area contributed by atoms with E-state index in [4.69, 9.17) is 23.6 Å². The molecule has 0 amide bonds. The van der Waals surface area contributed by atoms with Crippen LogP contribution in [0.15, 0.2) is 30.5 Å². The molecule has 2 aromatic rings.